The predicted molar refractivity (Wildman–Crippen MR) is 109 cm³/mol. The number of benzene rings is 1. The van der Waals surface area contributed by atoms with E-state index in [1.807, 2.05) is 23.1 Å². The number of amides is 1. The maximum atomic E-state index is 14.0. The van der Waals surface area contributed by atoms with Crippen LogP contribution in [0.3, 0.4) is 0 Å². The minimum atomic E-state index is -0.186. The van der Waals surface area contributed by atoms with E-state index >= 15 is 0 Å². The minimum Gasteiger partial charge on any atom is -0.447 e. The molecule has 1 aromatic carbocycles. The second-order valence-corrected chi connectivity index (χ2v) is 7.58. The van der Waals surface area contributed by atoms with Crippen molar-refractivity contribution in [2.75, 3.05) is 37.6 Å². The monoisotopic (exact) mass is 398 g/mol. The van der Waals surface area contributed by atoms with Crippen LogP contribution < -0.4 is 4.90 Å². The van der Waals surface area contributed by atoms with Crippen molar-refractivity contribution in [2.45, 2.75) is 32.4 Å². The van der Waals surface area contributed by atoms with Crippen LogP contribution in [0.25, 0.3) is 0 Å². The van der Waals surface area contributed by atoms with Crippen molar-refractivity contribution in [3.63, 3.8) is 0 Å². The molecule has 2 aromatic rings. The molecule has 1 fully saturated rings. The summed E-state index contributed by atoms with van der Waals surface area (Å²) in [7, 11) is 0. The first-order chi connectivity index (χ1) is 14.2. The van der Waals surface area contributed by atoms with E-state index < -0.39 is 0 Å². The maximum absolute atomic E-state index is 14.0. The van der Waals surface area contributed by atoms with Gasteiger partial charge in [-0.05, 0) is 18.6 Å². The summed E-state index contributed by atoms with van der Waals surface area (Å²) in [5.74, 6) is 0.286. The highest BCUT2D eigenvalue weighted by Crippen LogP contribution is 2.21. The van der Waals surface area contributed by atoms with Crippen molar-refractivity contribution in [2.24, 2.45) is 0 Å². The lowest BCUT2D eigenvalue weighted by molar-refractivity contribution is 0.0738. The number of anilines is 1. The third kappa shape index (κ3) is 4.34. The van der Waals surface area contributed by atoms with Gasteiger partial charge in [-0.15, -0.1) is 0 Å². The molecule has 0 saturated carbocycles. The van der Waals surface area contributed by atoms with Gasteiger partial charge in [0.15, 0.2) is 5.69 Å². The largest absolute Gasteiger partial charge is 0.447 e. The Labute approximate surface area is 170 Å². The van der Waals surface area contributed by atoms with E-state index in [9.17, 15) is 9.18 Å². The van der Waals surface area contributed by atoms with Crippen LogP contribution in [0.1, 0.15) is 36.1 Å². The van der Waals surface area contributed by atoms with Crippen molar-refractivity contribution in [3.8, 4) is 0 Å². The zero-order valence-electron chi connectivity index (χ0n) is 16.8. The molecular formula is C22H27FN4O2. The minimum absolute atomic E-state index is 0.0761. The fourth-order valence-corrected chi connectivity index (χ4v) is 4.03. The molecule has 2 aliphatic heterocycles. The molecule has 7 heteroatoms. The molecular weight excluding hydrogens is 371 g/mol. The van der Waals surface area contributed by atoms with Gasteiger partial charge in [0, 0.05) is 32.7 Å². The molecule has 2 aliphatic rings. The molecule has 1 atom stereocenters. The highest BCUT2D eigenvalue weighted by Gasteiger charge is 2.28. The molecule has 154 valence electrons. The first-order valence-electron chi connectivity index (χ1n) is 10.3. The summed E-state index contributed by atoms with van der Waals surface area (Å²) in [6.07, 6.45) is 7.58. The van der Waals surface area contributed by atoms with Gasteiger partial charge in [0.1, 0.15) is 12.1 Å². The summed E-state index contributed by atoms with van der Waals surface area (Å²) in [6, 6.07) is 7.03. The van der Waals surface area contributed by atoms with Crippen LogP contribution in [-0.2, 0) is 6.54 Å². The molecule has 4 rings (SSSR count). The van der Waals surface area contributed by atoms with Gasteiger partial charge in [0.2, 0.25) is 5.89 Å². The summed E-state index contributed by atoms with van der Waals surface area (Å²) in [4.78, 5) is 23.3. The van der Waals surface area contributed by atoms with Crippen molar-refractivity contribution in [3.05, 3.63) is 60.1 Å². The van der Waals surface area contributed by atoms with Gasteiger partial charge < -0.3 is 14.2 Å². The van der Waals surface area contributed by atoms with Crippen LogP contribution in [0.4, 0.5) is 10.1 Å². The van der Waals surface area contributed by atoms with Gasteiger partial charge in [0.25, 0.3) is 5.91 Å². The van der Waals surface area contributed by atoms with E-state index in [4.69, 9.17) is 4.42 Å². The Morgan fingerprint density at radius 3 is 2.79 bits per heavy atom. The Bertz CT molecular complexity index is 873. The Hall–Kier alpha value is -2.67. The predicted octanol–water partition coefficient (Wildman–Crippen LogP) is 3.32. The summed E-state index contributed by atoms with van der Waals surface area (Å²) in [5.41, 5.74) is 1.02. The molecule has 1 amide bonds. The number of hydrogen-bond donors (Lipinski definition) is 0. The number of hydrogen-bond acceptors (Lipinski definition) is 5. The second-order valence-electron chi connectivity index (χ2n) is 7.58. The van der Waals surface area contributed by atoms with E-state index in [-0.39, 0.29) is 17.8 Å². The highest BCUT2D eigenvalue weighted by molar-refractivity contribution is 5.92. The van der Waals surface area contributed by atoms with Crippen molar-refractivity contribution >= 4 is 11.6 Å². The molecule has 29 heavy (non-hydrogen) atoms. The topological polar surface area (TPSA) is 52.8 Å². The molecule has 1 saturated heterocycles. The lowest BCUT2D eigenvalue weighted by Gasteiger charge is -2.35. The van der Waals surface area contributed by atoms with E-state index in [0.29, 0.717) is 30.4 Å². The SMILES string of the molecule is CCC[C@@H]1C=CCN1C(=O)c1coc(CN2CCN(c3ccccc3F)CC2)n1. The standard InChI is InChI=1S/C22H27FN4O2/c1-2-6-17-7-5-10-27(17)22(28)19-16-29-21(24-19)15-25-11-13-26(14-12-25)20-9-4-3-8-18(20)23/h3-5,7-9,16-17H,2,6,10-15H2,1H3/t17-/m1/s1. The van der Waals surface area contributed by atoms with Gasteiger partial charge in [-0.3, -0.25) is 9.69 Å². The van der Waals surface area contributed by atoms with Gasteiger partial charge in [-0.1, -0.05) is 37.6 Å². The molecule has 6 nitrogen and oxygen atoms in total. The summed E-state index contributed by atoms with van der Waals surface area (Å²) < 4.78 is 19.6. The van der Waals surface area contributed by atoms with E-state index in [0.717, 1.165) is 39.0 Å². The zero-order chi connectivity index (χ0) is 20.2. The van der Waals surface area contributed by atoms with Gasteiger partial charge in [-0.2, -0.15) is 0 Å². The first kappa shape index (κ1) is 19.6. The Morgan fingerprint density at radius 2 is 2.03 bits per heavy atom. The Balaban J connectivity index is 1.32. The molecule has 3 heterocycles. The average molecular weight is 398 g/mol. The third-order valence-electron chi connectivity index (χ3n) is 5.60. The van der Waals surface area contributed by atoms with E-state index in [1.165, 1.54) is 12.3 Å². The van der Waals surface area contributed by atoms with Crippen LogP contribution in [0.15, 0.2) is 47.1 Å². The van der Waals surface area contributed by atoms with Crippen LogP contribution in [0.2, 0.25) is 0 Å². The highest BCUT2D eigenvalue weighted by atomic mass is 19.1. The molecule has 0 bridgehead atoms. The number of halogens is 1. The number of rotatable bonds is 6. The van der Waals surface area contributed by atoms with Crippen LogP contribution in [-0.4, -0.2) is 59.5 Å². The van der Waals surface area contributed by atoms with E-state index in [2.05, 4.69) is 27.8 Å². The first-order valence-corrected chi connectivity index (χ1v) is 10.3. The molecule has 0 unspecified atom stereocenters. The molecule has 0 N–H and O–H groups in total. The summed E-state index contributed by atoms with van der Waals surface area (Å²) in [5, 5.41) is 0. The normalized spacial score (nSPS) is 19.9. The second kappa shape index (κ2) is 8.78. The zero-order valence-corrected chi connectivity index (χ0v) is 16.8. The van der Waals surface area contributed by atoms with E-state index in [1.54, 1.807) is 6.07 Å². The number of carbonyl (C=O) groups is 1. The Kier molecular flexibility index (Phi) is 5.94. The van der Waals surface area contributed by atoms with Gasteiger partial charge >= 0.3 is 0 Å². The lowest BCUT2D eigenvalue weighted by atomic mass is 10.1. The molecule has 0 spiro atoms. The number of para-hydroxylation sites is 1. The van der Waals surface area contributed by atoms with Crippen LogP contribution >= 0.6 is 0 Å². The third-order valence-corrected chi connectivity index (χ3v) is 5.60. The molecule has 1 aromatic heterocycles. The lowest BCUT2D eigenvalue weighted by Crippen LogP contribution is -2.46. The summed E-state index contributed by atoms with van der Waals surface area (Å²) in [6.45, 7) is 6.36. The molecule has 0 radical (unpaired) electrons. The number of piperazine rings is 1. The van der Waals surface area contributed by atoms with Crippen molar-refractivity contribution in [1.82, 2.24) is 14.8 Å². The van der Waals surface area contributed by atoms with Gasteiger partial charge in [-0.25, -0.2) is 9.37 Å². The quantitative estimate of drug-likeness (QED) is 0.699. The van der Waals surface area contributed by atoms with Crippen molar-refractivity contribution < 1.29 is 13.6 Å². The van der Waals surface area contributed by atoms with Crippen LogP contribution in [0.5, 0.6) is 0 Å². The fourth-order valence-electron chi connectivity index (χ4n) is 4.03. The average Bonchev–Trinajstić information content (AvgIpc) is 3.39. The maximum Gasteiger partial charge on any atom is 0.276 e. The van der Waals surface area contributed by atoms with Gasteiger partial charge in [0.05, 0.1) is 18.3 Å². The number of oxazole rings is 1. The fraction of sp³-hybridized carbons (Fsp3) is 0.455. The number of carbonyl (C=O) groups excluding carboxylic acids is 1. The molecule has 0 aliphatic carbocycles. The Morgan fingerprint density at radius 1 is 1.24 bits per heavy atom. The number of aromatic nitrogens is 1. The van der Waals surface area contributed by atoms with Crippen LogP contribution in [0, 0.1) is 5.82 Å². The number of nitrogens with zero attached hydrogens (tertiary/aromatic N) is 4. The summed E-state index contributed by atoms with van der Waals surface area (Å²) >= 11 is 0. The smallest absolute Gasteiger partial charge is 0.276 e. The van der Waals surface area contributed by atoms with Crippen molar-refractivity contribution in [1.29, 1.82) is 0 Å².